The highest BCUT2D eigenvalue weighted by Gasteiger charge is 2.24. The van der Waals surface area contributed by atoms with Crippen LogP contribution in [0.2, 0.25) is 0 Å². The Balaban J connectivity index is 1.63. The van der Waals surface area contributed by atoms with E-state index in [0.717, 1.165) is 22.4 Å². The second-order valence-corrected chi connectivity index (χ2v) is 8.88. The molecule has 0 saturated heterocycles. The van der Waals surface area contributed by atoms with Gasteiger partial charge in [0, 0.05) is 18.0 Å². The molecule has 0 bridgehead atoms. The van der Waals surface area contributed by atoms with Gasteiger partial charge >= 0.3 is 0 Å². The SMILES string of the molecule is COc1ccc(-c2nc(CS(=O)(=O)c3nccn3-c3cc(C)ccc3C)co2)cc1. The average Bonchev–Trinajstić information content (AvgIpc) is 3.40. The summed E-state index contributed by atoms with van der Waals surface area (Å²) in [6.45, 7) is 3.90. The minimum absolute atomic E-state index is 0.0230. The molecule has 154 valence electrons. The highest BCUT2D eigenvalue weighted by Crippen LogP contribution is 2.25. The predicted octanol–water partition coefficient (Wildman–Crippen LogP) is 4.13. The van der Waals surface area contributed by atoms with E-state index in [0.29, 0.717) is 17.3 Å². The molecule has 0 spiro atoms. The summed E-state index contributed by atoms with van der Waals surface area (Å²) < 4.78 is 38.4. The van der Waals surface area contributed by atoms with Gasteiger partial charge in [0.25, 0.3) is 0 Å². The monoisotopic (exact) mass is 423 g/mol. The van der Waals surface area contributed by atoms with Crippen LogP contribution >= 0.6 is 0 Å². The molecule has 30 heavy (non-hydrogen) atoms. The van der Waals surface area contributed by atoms with Crippen LogP contribution in [0.4, 0.5) is 0 Å². The van der Waals surface area contributed by atoms with E-state index in [9.17, 15) is 8.42 Å². The first kappa shape index (κ1) is 19.9. The van der Waals surface area contributed by atoms with Crippen molar-refractivity contribution in [3.8, 4) is 22.9 Å². The van der Waals surface area contributed by atoms with Crippen molar-refractivity contribution in [2.45, 2.75) is 24.8 Å². The van der Waals surface area contributed by atoms with Gasteiger partial charge in [-0.1, -0.05) is 12.1 Å². The minimum atomic E-state index is -3.75. The number of hydrogen-bond donors (Lipinski definition) is 0. The first-order chi connectivity index (χ1) is 14.4. The Morgan fingerprint density at radius 2 is 1.87 bits per heavy atom. The highest BCUT2D eigenvalue weighted by atomic mass is 32.2. The molecular formula is C22H21N3O4S. The number of aryl methyl sites for hydroxylation is 2. The van der Waals surface area contributed by atoms with E-state index in [1.54, 1.807) is 42.1 Å². The maximum Gasteiger partial charge on any atom is 0.232 e. The van der Waals surface area contributed by atoms with E-state index in [2.05, 4.69) is 9.97 Å². The number of rotatable bonds is 6. The van der Waals surface area contributed by atoms with Crippen LogP contribution in [0.5, 0.6) is 5.75 Å². The van der Waals surface area contributed by atoms with Gasteiger partial charge in [-0.25, -0.2) is 18.4 Å². The second kappa shape index (κ2) is 7.79. The molecule has 0 fully saturated rings. The van der Waals surface area contributed by atoms with Crippen molar-refractivity contribution in [1.29, 1.82) is 0 Å². The van der Waals surface area contributed by atoms with Crippen LogP contribution < -0.4 is 4.74 Å². The van der Waals surface area contributed by atoms with Crippen molar-refractivity contribution >= 4 is 9.84 Å². The lowest BCUT2D eigenvalue weighted by molar-refractivity contribution is 0.415. The van der Waals surface area contributed by atoms with Gasteiger partial charge in [-0.05, 0) is 55.3 Å². The van der Waals surface area contributed by atoms with Gasteiger partial charge < -0.3 is 9.15 Å². The van der Waals surface area contributed by atoms with Gasteiger partial charge in [-0.2, -0.15) is 0 Å². The molecule has 4 rings (SSSR count). The van der Waals surface area contributed by atoms with Gasteiger partial charge in [-0.15, -0.1) is 0 Å². The molecule has 0 unspecified atom stereocenters. The number of imidazole rings is 1. The lowest BCUT2D eigenvalue weighted by atomic mass is 10.1. The van der Waals surface area contributed by atoms with Gasteiger partial charge in [0.15, 0.2) is 0 Å². The number of hydrogen-bond acceptors (Lipinski definition) is 6. The Morgan fingerprint density at radius 1 is 1.10 bits per heavy atom. The summed E-state index contributed by atoms with van der Waals surface area (Å²) in [5.74, 6) is 0.751. The molecular weight excluding hydrogens is 402 g/mol. The van der Waals surface area contributed by atoms with Crippen LogP contribution in [0.15, 0.2) is 70.7 Å². The summed E-state index contributed by atoms with van der Waals surface area (Å²) in [4.78, 5) is 8.46. The number of benzene rings is 2. The molecule has 8 heteroatoms. The molecule has 0 N–H and O–H groups in total. The van der Waals surface area contributed by atoms with Crippen molar-refractivity contribution in [3.05, 3.63) is 77.9 Å². The zero-order chi connectivity index (χ0) is 21.3. The van der Waals surface area contributed by atoms with Crippen molar-refractivity contribution in [1.82, 2.24) is 14.5 Å². The first-order valence-electron chi connectivity index (χ1n) is 9.30. The highest BCUT2D eigenvalue weighted by molar-refractivity contribution is 7.90. The summed E-state index contributed by atoms with van der Waals surface area (Å²) in [6.07, 6.45) is 4.50. The van der Waals surface area contributed by atoms with Crippen molar-refractivity contribution in [2.24, 2.45) is 0 Å². The fourth-order valence-electron chi connectivity index (χ4n) is 3.18. The molecule has 0 atom stereocenters. The summed E-state index contributed by atoms with van der Waals surface area (Å²) in [5, 5.41) is -0.0230. The lowest BCUT2D eigenvalue weighted by Crippen LogP contribution is -2.12. The average molecular weight is 423 g/mol. The maximum absolute atomic E-state index is 13.1. The maximum atomic E-state index is 13.1. The van der Waals surface area contributed by atoms with Crippen LogP contribution in [-0.4, -0.2) is 30.1 Å². The van der Waals surface area contributed by atoms with E-state index >= 15 is 0 Å². The van der Waals surface area contributed by atoms with E-state index in [4.69, 9.17) is 9.15 Å². The molecule has 7 nitrogen and oxygen atoms in total. The van der Waals surface area contributed by atoms with E-state index < -0.39 is 9.84 Å². The van der Waals surface area contributed by atoms with Gasteiger partial charge in [0.2, 0.25) is 20.9 Å². The molecule has 0 aliphatic heterocycles. The van der Waals surface area contributed by atoms with Crippen molar-refractivity contribution in [2.75, 3.05) is 7.11 Å². The molecule has 0 amide bonds. The largest absolute Gasteiger partial charge is 0.497 e. The van der Waals surface area contributed by atoms with Crippen LogP contribution in [-0.2, 0) is 15.6 Å². The molecule has 0 radical (unpaired) electrons. The Bertz CT molecular complexity index is 1290. The van der Waals surface area contributed by atoms with E-state index in [1.807, 2.05) is 32.0 Å². The molecule has 0 aliphatic carbocycles. The van der Waals surface area contributed by atoms with Crippen LogP contribution in [0.1, 0.15) is 16.8 Å². The molecule has 2 aromatic carbocycles. The zero-order valence-corrected chi connectivity index (χ0v) is 17.7. The molecule has 0 aliphatic rings. The number of aromatic nitrogens is 3. The van der Waals surface area contributed by atoms with Crippen molar-refractivity contribution in [3.63, 3.8) is 0 Å². The van der Waals surface area contributed by atoms with Gasteiger partial charge in [-0.3, -0.25) is 4.57 Å². The lowest BCUT2D eigenvalue weighted by Gasteiger charge is -2.11. The van der Waals surface area contributed by atoms with Gasteiger partial charge in [0.1, 0.15) is 17.8 Å². The summed E-state index contributed by atoms with van der Waals surface area (Å²) in [6, 6.07) is 13.1. The first-order valence-corrected chi connectivity index (χ1v) is 10.9. The van der Waals surface area contributed by atoms with Gasteiger partial charge in [0.05, 0.1) is 18.5 Å². The summed E-state index contributed by atoms with van der Waals surface area (Å²) in [7, 11) is -2.16. The summed E-state index contributed by atoms with van der Waals surface area (Å²) >= 11 is 0. The number of sulfone groups is 1. The molecule has 2 aromatic heterocycles. The van der Waals surface area contributed by atoms with Crippen LogP contribution in [0, 0.1) is 13.8 Å². The third-order valence-electron chi connectivity index (χ3n) is 4.74. The van der Waals surface area contributed by atoms with E-state index in [1.165, 1.54) is 12.5 Å². The topological polar surface area (TPSA) is 87.2 Å². The summed E-state index contributed by atoms with van der Waals surface area (Å²) in [5.41, 5.74) is 3.82. The Morgan fingerprint density at radius 3 is 2.60 bits per heavy atom. The third-order valence-corrected chi connectivity index (χ3v) is 6.27. The smallest absolute Gasteiger partial charge is 0.232 e. The number of ether oxygens (including phenoxy) is 1. The fraction of sp³-hybridized carbons (Fsp3) is 0.182. The Hall–Kier alpha value is -3.39. The van der Waals surface area contributed by atoms with Crippen LogP contribution in [0.3, 0.4) is 0 Å². The van der Waals surface area contributed by atoms with Crippen LogP contribution in [0.25, 0.3) is 17.1 Å². The van der Waals surface area contributed by atoms with E-state index in [-0.39, 0.29) is 10.9 Å². The Labute approximate surface area is 174 Å². The number of oxazole rings is 1. The second-order valence-electron chi connectivity index (χ2n) is 7.00. The predicted molar refractivity (Wildman–Crippen MR) is 112 cm³/mol. The number of nitrogens with zero attached hydrogens (tertiary/aromatic N) is 3. The molecule has 2 heterocycles. The fourth-order valence-corrected chi connectivity index (χ4v) is 4.51. The normalized spacial score (nSPS) is 11.6. The van der Waals surface area contributed by atoms with Crippen molar-refractivity contribution < 1.29 is 17.6 Å². The quantitative estimate of drug-likeness (QED) is 0.463. The third kappa shape index (κ3) is 3.86. The Kier molecular flexibility index (Phi) is 5.17. The number of methoxy groups -OCH3 is 1. The minimum Gasteiger partial charge on any atom is -0.497 e. The standard InChI is InChI=1S/C22H21N3O4S/c1-15-4-5-16(2)20(12-15)25-11-10-23-22(25)30(26,27)14-18-13-29-21(24-18)17-6-8-19(28-3)9-7-17/h4-13H,14H2,1-3H3. The molecule has 4 aromatic rings. The zero-order valence-electron chi connectivity index (χ0n) is 16.9. The molecule has 0 saturated carbocycles.